The van der Waals surface area contributed by atoms with Crippen molar-refractivity contribution in [3.63, 3.8) is 0 Å². The van der Waals surface area contributed by atoms with Crippen LogP contribution in [0.25, 0.3) is 10.9 Å². The van der Waals surface area contributed by atoms with Gasteiger partial charge < -0.3 is 10.4 Å². The van der Waals surface area contributed by atoms with Crippen LogP contribution in [0.5, 0.6) is 0 Å². The molecule has 0 saturated heterocycles. The number of aliphatic hydroxyl groups excluding tert-OH is 1. The van der Waals surface area contributed by atoms with Crippen molar-refractivity contribution < 1.29 is 9.90 Å². The van der Waals surface area contributed by atoms with Gasteiger partial charge >= 0.3 is 0 Å². The van der Waals surface area contributed by atoms with Crippen molar-refractivity contribution in [2.75, 3.05) is 17.7 Å². The predicted octanol–water partition coefficient (Wildman–Crippen LogP) is 4.20. The quantitative estimate of drug-likeness (QED) is 0.253. The molecule has 0 bridgehead atoms. The fourth-order valence-corrected chi connectivity index (χ4v) is 4.97. The lowest BCUT2D eigenvalue weighted by Gasteiger charge is -2.13. The Morgan fingerprint density at radius 2 is 1.88 bits per heavy atom. The number of benzene rings is 2. The molecular formula is C25H24N4O3S2. The molecule has 2 N–H and O–H groups in total. The Morgan fingerprint density at radius 3 is 2.71 bits per heavy atom. The molecule has 4 rings (SSSR count). The number of nitrogens with zero attached hydrogens (tertiary/aromatic N) is 3. The second kappa shape index (κ2) is 11.8. The number of fused-ring (bicyclic) bond motifs is 1. The summed E-state index contributed by atoms with van der Waals surface area (Å²) in [7, 11) is 0. The van der Waals surface area contributed by atoms with Crippen LogP contribution in [-0.4, -0.2) is 37.9 Å². The number of aromatic nitrogens is 3. The number of hydrogen-bond donors (Lipinski definition) is 2. The Morgan fingerprint density at radius 1 is 1.03 bits per heavy atom. The third-order valence-electron chi connectivity index (χ3n) is 4.93. The van der Waals surface area contributed by atoms with E-state index in [0.29, 0.717) is 34.7 Å². The molecule has 0 aliphatic carbocycles. The van der Waals surface area contributed by atoms with Gasteiger partial charge in [-0.2, -0.15) is 0 Å². The number of pyridine rings is 1. The number of aliphatic hydroxyl groups is 1. The van der Waals surface area contributed by atoms with E-state index in [1.165, 1.54) is 16.3 Å². The van der Waals surface area contributed by atoms with Gasteiger partial charge in [0.1, 0.15) is 0 Å². The lowest BCUT2D eigenvalue weighted by atomic mass is 10.2. The number of rotatable bonds is 10. The largest absolute Gasteiger partial charge is 0.396 e. The number of carbonyl (C=O) groups is 1. The van der Waals surface area contributed by atoms with Gasteiger partial charge in [-0.15, -0.1) is 11.8 Å². The fourth-order valence-electron chi connectivity index (χ4n) is 3.34. The van der Waals surface area contributed by atoms with Crippen molar-refractivity contribution in [3.05, 3.63) is 88.8 Å². The standard InChI is InChI=1S/C25H24N4O3S2/c30-14-6-13-29-24(32)20-9-1-2-10-21(20)28-25(29)34-17-22(31)27-19-8-5-7-18(15-19)16-33-23-11-3-4-12-26-23/h1-5,7-12,15,30H,6,13-14,16-17H2,(H,27,31). The summed E-state index contributed by atoms with van der Waals surface area (Å²) in [5, 5.41) is 14.1. The van der Waals surface area contributed by atoms with Crippen molar-refractivity contribution in [1.82, 2.24) is 14.5 Å². The van der Waals surface area contributed by atoms with Gasteiger partial charge in [0.25, 0.3) is 5.56 Å². The summed E-state index contributed by atoms with van der Waals surface area (Å²) in [6.07, 6.45) is 2.20. The van der Waals surface area contributed by atoms with Gasteiger partial charge in [-0.25, -0.2) is 9.97 Å². The van der Waals surface area contributed by atoms with Crippen LogP contribution in [0.15, 0.2) is 87.9 Å². The van der Waals surface area contributed by atoms with Crippen molar-refractivity contribution in [1.29, 1.82) is 0 Å². The average Bonchev–Trinajstić information content (AvgIpc) is 2.87. The molecule has 2 aromatic heterocycles. The molecule has 2 heterocycles. The molecule has 1 amide bonds. The molecule has 0 aliphatic rings. The molecular weight excluding hydrogens is 468 g/mol. The van der Waals surface area contributed by atoms with E-state index < -0.39 is 0 Å². The highest BCUT2D eigenvalue weighted by Gasteiger charge is 2.13. The van der Waals surface area contributed by atoms with Crippen LogP contribution in [0.3, 0.4) is 0 Å². The maximum Gasteiger partial charge on any atom is 0.262 e. The predicted molar refractivity (Wildman–Crippen MR) is 137 cm³/mol. The normalized spacial score (nSPS) is 11.0. The lowest BCUT2D eigenvalue weighted by molar-refractivity contribution is -0.113. The topological polar surface area (TPSA) is 97.1 Å². The van der Waals surface area contributed by atoms with Crippen molar-refractivity contribution in [3.8, 4) is 0 Å². The minimum atomic E-state index is -0.185. The van der Waals surface area contributed by atoms with Crippen LogP contribution in [0.2, 0.25) is 0 Å². The van der Waals surface area contributed by atoms with E-state index in [0.717, 1.165) is 16.3 Å². The minimum absolute atomic E-state index is 0.0289. The van der Waals surface area contributed by atoms with Crippen LogP contribution in [0, 0.1) is 0 Å². The van der Waals surface area contributed by atoms with Gasteiger partial charge in [0.15, 0.2) is 5.16 Å². The molecule has 2 aromatic carbocycles. The Kier molecular flexibility index (Phi) is 8.35. The van der Waals surface area contributed by atoms with Gasteiger partial charge in [-0.1, -0.05) is 42.1 Å². The maximum atomic E-state index is 12.9. The number of thioether (sulfide) groups is 2. The molecule has 0 unspecified atom stereocenters. The van der Waals surface area contributed by atoms with Crippen LogP contribution in [0.4, 0.5) is 5.69 Å². The molecule has 0 saturated carbocycles. The number of nitrogens with one attached hydrogen (secondary N) is 1. The Bertz CT molecular complexity index is 1330. The Balaban J connectivity index is 1.41. The second-order valence-corrected chi connectivity index (χ2v) is 9.38. The van der Waals surface area contributed by atoms with Crippen LogP contribution in [0.1, 0.15) is 12.0 Å². The smallest absolute Gasteiger partial charge is 0.262 e. The van der Waals surface area contributed by atoms with Gasteiger partial charge in [-0.3, -0.25) is 14.2 Å². The zero-order valence-corrected chi connectivity index (χ0v) is 20.0. The van der Waals surface area contributed by atoms with Gasteiger partial charge in [0, 0.05) is 30.8 Å². The molecule has 7 nitrogen and oxygen atoms in total. The van der Waals surface area contributed by atoms with Gasteiger partial charge in [0.05, 0.1) is 21.7 Å². The number of para-hydroxylation sites is 1. The molecule has 0 atom stereocenters. The minimum Gasteiger partial charge on any atom is -0.396 e. The third-order valence-corrected chi connectivity index (χ3v) is 6.93. The molecule has 4 aromatic rings. The maximum absolute atomic E-state index is 12.9. The fraction of sp³-hybridized carbons (Fsp3) is 0.200. The van der Waals surface area contributed by atoms with Crippen molar-refractivity contribution in [2.24, 2.45) is 0 Å². The second-order valence-electron chi connectivity index (χ2n) is 7.44. The van der Waals surface area contributed by atoms with E-state index in [-0.39, 0.29) is 23.8 Å². The van der Waals surface area contributed by atoms with Gasteiger partial charge in [0.2, 0.25) is 5.91 Å². The van der Waals surface area contributed by atoms with Crippen molar-refractivity contribution >= 4 is 46.0 Å². The summed E-state index contributed by atoms with van der Waals surface area (Å²) in [6, 6.07) is 20.7. The first-order valence-electron chi connectivity index (χ1n) is 10.8. The monoisotopic (exact) mass is 492 g/mol. The number of carbonyl (C=O) groups excluding carboxylic acids is 1. The number of anilines is 1. The first-order chi connectivity index (χ1) is 16.6. The van der Waals surface area contributed by atoms with Gasteiger partial charge in [-0.05, 0) is 48.4 Å². The average molecular weight is 493 g/mol. The summed E-state index contributed by atoms with van der Waals surface area (Å²) in [4.78, 5) is 34.5. The summed E-state index contributed by atoms with van der Waals surface area (Å²) < 4.78 is 1.53. The molecule has 0 aliphatic heterocycles. The first kappa shape index (κ1) is 24.0. The highest BCUT2D eigenvalue weighted by molar-refractivity contribution is 7.99. The van der Waals surface area contributed by atoms with Crippen LogP contribution in [-0.2, 0) is 17.1 Å². The molecule has 0 radical (unpaired) electrons. The van der Waals surface area contributed by atoms with E-state index in [2.05, 4.69) is 15.3 Å². The molecule has 174 valence electrons. The van der Waals surface area contributed by atoms with E-state index in [1.54, 1.807) is 36.2 Å². The lowest BCUT2D eigenvalue weighted by Crippen LogP contribution is -2.24. The van der Waals surface area contributed by atoms with E-state index in [9.17, 15) is 14.7 Å². The third kappa shape index (κ3) is 6.25. The summed E-state index contributed by atoms with van der Waals surface area (Å²) >= 11 is 2.84. The zero-order valence-electron chi connectivity index (χ0n) is 18.4. The highest BCUT2D eigenvalue weighted by Crippen LogP contribution is 2.23. The molecule has 0 fully saturated rings. The highest BCUT2D eigenvalue weighted by atomic mass is 32.2. The number of hydrogen-bond acceptors (Lipinski definition) is 7. The molecule has 9 heteroatoms. The van der Waals surface area contributed by atoms with Crippen LogP contribution >= 0.6 is 23.5 Å². The summed E-state index contributed by atoms with van der Waals surface area (Å²) in [6.45, 7) is 0.311. The van der Waals surface area contributed by atoms with E-state index >= 15 is 0 Å². The SMILES string of the molecule is O=C(CSc1nc2ccccc2c(=O)n1CCCO)Nc1cccc(CSc2ccccn2)c1. The summed E-state index contributed by atoms with van der Waals surface area (Å²) in [5.41, 5.74) is 2.22. The molecule has 0 spiro atoms. The Hall–Kier alpha value is -3.14. The first-order valence-corrected chi connectivity index (χ1v) is 12.8. The zero-order chi connectivity index (χ0) is 23.8. The molecule has 34 heavy (non-hydrogen) atoms. The van der Waals surface area contributed by atoms with Crippen LogP contribution < -0.4 is 10.9 Å². The number of amides is 1. The van der Waals surface area contributed by atoms with E-state index in [1.807, 2.05) is 48.5 Å². The van der Waals surface area contributed by atoms with Crippen molar-refractivity contribution in [2.45, 2.75) is 28.9 Å². The van der Waals surface area contributed by atoms with E-state index in [4.69, 9.17) is 0 Å². The summed E-state index contributed by atoms with van der Waals surface area (Å²) in [5.74, 6) is 0.667. The Labute approximate surface area is 205 Å².